The van der Waals surface area contributed by atoms with Crippen molar-refractivity contribution in [3.05, 3.63) is 59.7 Å². The molecule has 0 aliphatic carbocycles. The zero-order valence-corrected chi connectivity index (χ0v) is 11.6. The lowest BCUT2D eigenvalue weighted by atomic mass is 9.92. The Kier molecular flexibility index (Phi) is 4.85. The Labute approximate surface area is 118 Å². The Morgan fingerprint density at radius 3 is 2.15 bits per heavy atom. The summed E-state index contributed by atoms with van der Waals surface area (Å²) in [6.45, 7) is 2.81. The molecule has 0 heterocycles. The second kappa shape index (κ2) is 6.62. The van der Waals surface area contributed by atoms with Crippen LogP contribution in [0.25, 0.3) is 11.1 Å². The summed E-state index contributed by atoms with van der Waals surface area (Å²) >= 11 is 0. The minimum Gasteiger partial charge on any atom is -0.330 e. The standard InChI is InChI=1S/C17H19F2N/c1-2-12(9-10-20)13-3-5-14(6-4-13)15-7-8-16(18)17(19)11-15/h3-8,11-12H,2,9-10,20H2,1H3. The average Bonchev–Trinajstić information content (AvgIpc) is 2.48. The number of hydrogen-bond donors (Lipinski definition) is 1. The van der Waals surface area contributed by atoms with Crippen molar-refractivity contribution >= 4 is 0 Å². The van der Waals surface area contributed by atoms with Crippen LogP contribution in [-0.2, 0) is 0 Å². The first-order valence-electron chi connectivity index (χ1n) is 6.91. The quantitative estimate of drug-likeness (QED) is 0.855. The lowest BCUT2D eigenvalue weighted by Crippen LogP contribution is -2.06. The predicted molar refractivity (Wildman–Crippen MR) is 78.5 cm³/mol. The maximum absolute atomic E-state index is 13.2. The maximum Gasteiger partial charge on any atom is 0.159 e. The van der Waals surface area contributed by atoms with Crippen LogP contribution in [0.3, 0.4) is 0 Å². The summed E-state index contributed by atoms with van der Waals surface area (Å²) in [6.07, 6.45) is 2.00. The second-order valence-electron chi connectivity index (χ2n) is 4.93. The van der Waals surface area contributed by atoms with Crippen molar-refractivity contribution < 1.29 is 8.78 Å². The first-order chi connectivity index (χ1) is 9.65. The Morgan fingerprint density at radius 1 is 0.950 bits per heavy atom. The fourth-order valence-electron chi connectivity index (χ4n) is 2.43. The van der Waals surface area contributed by atoms with Gasteiger partial charge in [-0.3, -0.25) is 0 Å². The molecule has 0 saturated heterocycles. The number of nitrogens with two attached hydrogens (primary N) is 1. The van der Waals surface area contributed by atoms with E-state index in [-0.39, 0.29) is 0 Å². The van der Waals surface area contributed by atoms with Gasteiger partial charge in [0.15, 0.2) is 11.6 Å². The number of rotatable bonds is 5. The summed E-state index contributed by atoms with van der Waals surface area (Å²) in [5.74, 6) is -1.18. The molecule has 106 valence electrons. The Balaban J connectivity index is 2.25. The van der Waals surface area contributed by atoms with E-state index in [1.807, 2.05) is 24.3 Å². The first kappa shape index (κ1) is 14.7. The van der Waals surface area contributed by atoms with Crippen molar-refractivity contribution in [2.45, 2.75) is 25.7 Å². The van der Waals surface area contributed by atoms with E-state index < -0.39 is 11.6 Å². The highest BCUT2D eigenvalue weighted by atomic mass is 19.2. The Bertz CT molecular complexity index is 564. The van der Waals surface area contributed by atoms with Gasteiger partial charge in [-0.25, -0.2) is 8.78 Å². The molecule has 1 atom stereocenters. The van der Waals surface area contributed by atoms with E-state index in [1.165, 1.54) is 11.6 Å². The van der Waals surface area contributed by atoms with E-state index in [0.717, 1.165) is 24.5 Å². The molecule has 0 saturated carbocycles. The molecule has 0 bridgehead atoms. The van der Waals surface area contributed by atoms with Gasteiger partial charge in [-0.1, -0.05) is 37.3 Å². The van der Waals surface area contributed by atoms with Crippen LogP contribution in [0.4, 0.5) is 8.78 Å². The molecule has 0 spiro atoms. The van der Waals surface area contributed by atoms with E-state index in [4.69, 9.17) is 5.73 Å². The molecular weight excluding hydrogens is 256 g/mol. The fourth-order valence-corrected chi connectivity index (χ4v) is 2.43. The second-order valence-corrected chi connectivity index (χ2v) is 4.93. The summed E-state index contributed by atoms with van der Waals surface area (Å²) in [7, 11) is 0. The Morgan fingerprint density at radius 2 is 1.60 bits per heavy atom. The minimum absolute atomic E-state index is 0.457. The van der Waals surface area contributed by atoms with Crippen molar-refractivity contribution in [3.8, 4) is 11.1 Å². The lowest BCUT2D eigenvalue weighted by Gasteiger charge is -2.14. The van der Waals surface area contributed by atoms with Crippen molar-refractivity contribution in [1.82, 2.24) is 0 Å². The molecule has 0 fully saturated rings. The monoisotopic (exact) mass is 275 g/mol. The first-order valence-corrected chi connectivity index (χ1v) is 6.91. The van der Waals surface area contributed by atoms with Crippen LogP contribution in [0.2, 0.25) is 0 Å². The van der Waals surface area contributed by atoms with Crippen LogP contribution in [0.15, 0.2) is 42.5 Å². The third kappa shape index (κ3) is 3.23. The number of halogens is 2. The molecule has 2 N–H and O–H groups in total. The molecule has 0 aromatic heterocycles. The topological polar surface area (TPSA) is 26.0 Å². The van der Waals surface area contributed by atoms with Crippen LogP contribution in [0.1, 0.15) is 31.2 Å². The highest BCUT2D eigenvalue weighted by molar-refractivity contribution is 5.63. The largest absolute Gasteiger partial charge is 0.330 e. The van der Waals surface area contributed by atoms with Gasteiger partial charge in [0.2, 0.25) is 0 Å². The molecular formula is C17H19F2N. The third-order valence-corrected chi connectivity index (χ3v) is 3.64. The third-order valence-electron chi connectivity index (χ3n) is 3.64. The van der Waals surface area contributed by atoms with Gasteiger partial charge in [-0.05, 0) is 54.1 Å². The highest BCUT2D eigenvalue weighted by Gasteiger charge is 2.09. The van der Waals surface area contributed by atoms with E-state index in [1.54, 1.807) is 6.07 Å². The number of benzene rings is 2. The molecule has 0 amide bonds. The summed E-state index contributed by atoms with van der Waals surface area (Å²) in [4.78, 5) is 0. The summed E-state index contributed by atoms with van der Waals surface area (Å²) in [5.41, 5.74) is 8.42. The van der Waals surface area contributed by atoms with Crippen LogP contribution < -0.4 is 5.73 Å². The Hall–Kier alpha value is -1.74. The van der Waals surface area contributed by atoms with Crippen LogP contribution in [0.5, 0.6) is 0 Å². The molecule has 1 nitrogen and oxygen atoms in total. The molecule has 0 radical (unpaired) electrons. The molecule has 0 aliphatic heterocycles. The van der Waals surface area contributed by atoms with Crippen LogP contribution in [0, 0.1) is 11.6 Å². The van der Waals surface area contributed by atoms with Crippen molar-refractivity contribution in [2.75, 3.05) is 6.54 Å². The zero-order chi connectivity index (χ0) is 14.5. The van der Waals surface area contributed by atoms with Gasteiger partial charge in [0, 0.05) is 0 Å². The summed E-state index contributed by atoms with van der Waals surface area (Å²) < 4.78 is 26.2. The lowest BCUT2D eigenvalue weighted by molar-refractivity contribution is 0.509. The molecule has 2 aromatic rings. The minimum atomic E-state index is -0.820. The molecule has 20 heavy (non-hydrogen) atoms. The predicted octanol–water partition coefficient (Wildman–Crippen LogP) is 4.47. The van der Waals surface area contributed by atoms with E-state index >= 15 is 0 Å². The average molecular weight is 275 g/mol. The molecule has 0 aliphatic rings. The van der Waals surface area contributed by atoms with Crippen molar-refractivity contribution in [3.63, 3.8) is 0 Å². The van der Waals surface area contributed by atoms with Gasteiger partial charge in [-0.2, -0.15) is 0 Å². The molecule has 2 rings (SSSR count). The van der Waals surface area contributed by atoms with E-state index in [0.29, 0.717) is 18.0 Å². The van der Waals surface area contributed by atoms with Gasteiger partial charge in [0.25, 0.3) is 0 Å². The van der Waals surface area contributed by atoms with Gasteiger partial charge in [0.1, 0.15) is 0 Å². The van der Waals surface area contributed by atoms with E-state index in [2.05, 4.69) is 6.92 Å². The van der Waals surface area contributed by atoms with Crippen molar-refractivity contribution in [2.24, 2.45) is 5.73 Å². The van der Waals surface area contributed by atoms with Crippen LogP contribution >= 0.6 is 0 Å². The summed E-state index contributed by atoms with van der Waals surface area (Å²) in [6, 6.07) is 11.9. The number of hydrogen-bond acceptors (Lipinski definition) is 1. The highest BCUT2D eigenvalue weighted by Crippen LogP contribution is 2.27. The summed E-state index contributed by atoms with van der Waals surface area (Å²) in [5, 5.41) is 0. The van der Waals surface area contributed by atoms with Gasteiger partial charge in [0.05, 0.1) is 0 Å². The van der Waals surface area contributed by atoms with Gasteiger partial charge in [-0.15, -0.1) is 0 Å². The SMILES string of the molecule is CCC(CCN)c1ccc(-c2ccc(F)c(F)c2)cc1. The van der Waals surface area contributed by atoms with E-state index in [9.17, 15) is 8.78 Å². The van der Waals surface area contributed by atoms with Gasteiger partial charge >= 0.3 is 0 Å². The molecule has 2 aromatic carbocycles. The van der Waals surface area contributed by atoms with Crippen LogP contribution in [-0.4, -0.2) is 6.54 Å². The zero-order valence-electron chi connectivity index (χ0n) is 11.6. The van der Waals surface area contributed by atoms with Crippen molar-refractivity contribution in [1.29, 1.82) is 0 Å². The van der Waals surface area contributed by atoms with Gasteiger partial charge < -0.3 is 5.73 Å². The molecule has 1 unspecified atom stereocenters. The smallest absolute Gasteiger partial charge is 0.159 e. The molecule has 3 heteroatoms. The fraction of sp³-hybridized carbons (Fsp3) is 0.294. The maximum atomic E-state index is 13.2. The normalized spacial score (nSPS) is 12.4.